The van der Waals surface area contributed by atoms with Crippen LogP contribution in [-0.4, -0.2) is 35.5 Å². The van der Waals surface area contributed by atoms with Gasteiger partial charge in [-0.05, 0) is 26.0 Å². The first-order valence-electron chi connectivity index (χ1n) is 6.24. The smallest absolute Gasteiger partial charge is 0.257 e. The summed E-state index contributed by atoms with van der Waals surface area (Å²) in [4.78, 5) is 14.5. The second-order valence-electron chi connectivity index (χ2n) is 4.36. The van der Waals surface area contributed by atoms with Gasteiger partial charge in [-0.25, -0.2) is 0 Å². The second kappa shape index (κ2) is 7.09. The van der Waals surface area contributed by atoms with E-state index in [0.29, 0.717) is 29.3 Å². The number of thiocarbonyl (C=S) groups is 1. The van der Waals surface area contributed by atoms with E-state index < -0.39 is 0 Å². The van der Waals surface area contributed by atoms with Crippen LogP contribution in [0, 0.1) is 0 Å². The van der Waals surface area contributed by atoms with Crippen molar-refractivity contribution in [2.75, 3.05) is 13.7 Å². The minimum Gasteiger partial charge on any atom is -0.493 e. The third kappa shape index (κ3) is 4.21. The molecule has 1 atom stereocenters. The van der Waals surface area contributed by atoms with E-state index >= 15 is 0 Å². The lowest BCUT2D eigenvalue weighted by Gasteiger charge is -2.25. The minimum atomic E-state index is -0.0900. The van der Waals surface area contributed by atoms with Crippen LogP contribution in [-0.2, 0) is 0 Å². The fourth-order valence-corrected chi connectivity index (χ4v) is 1.98. The van der Waals surface area contributed by atoms with Crippen LogP contribution in [0.3, 0.4) is 0 Å². The number of hydrogen-bond donors (Lipinski definition) is 1. The summed E-state index contributed by atoms with van der Waals surface area (Å²) in [5.74, 6) is 0.511. The van der Waals surface area contributed by atoms with Crippen molar-refractivity contribution >= 4 is 23.1 Å². The Bertz CT molecular complexity index is 463. The standard InChI is InChI=1S/C14H20N2O2S/c1-4-18-12-8-6-5-7-11(12)14(17)16(3)10(2)9-13(15)19/h5-8,10H,4,9H2,1-3H3,(H2,15,19). The molecule has 19 heavy (non-hydrogen) atoms. The van der Waals surface area contributed by atoms with Crippen molar-refractivity contribution in [3.8, 4) is 5.75 Å². The Morgan fingerprint density at radius 1 is 1.47 bits per heavy atom. The van der Waals surface area contributed by atoms with Gasteiger partial charge in [-0.3, -0.25) is 4.79 Å². The summed E-state index contributed by atoms with van der Waals surface area (Å²) in [6.45, 7) is 4.33. The number of carbonyl (C=O) groups excluding carboxylic acids is 1. The first-order chi connectivity index (χ1) is 8.97. The highest BCUT2D eigenvalue weighted by Gasteiger charge is 2.20. The van der Waals surface area contributed by atoms with Crippen molar-refractivity contribution in [1.82, 2.24) is 4.90 Å². The zero-order chi connectivity index (χ0) is 14.4. The van der Waals surface area contributed by atoms with Gasteiger partial charge < -0.3 is 15.4 Å². The molecule has 0 saturated heterocycles. The van der Waals surface area contributed by atoms with Gasteiger partial charge in [0.25, 0.3) is 5.91 Å². The van der Waals surface area contributed by atoms with E-state index in [4.69, 9.17) is 22.7 Å². The number of amides is 1. The monoisotopic (exact) mass is 280 g/mol. The van der Waals surface area contributed by atoms with Crippen LogP contribution in [0.1, 0.15) is 30.6 Å². The third-order valence-corrected chi connectivity index (χ3v) is 3.06. The van der Waals surface area contributed by atoms with Gasteiger partial charge in [0.05, 0.1) is 17.2 Å². The maximum atomic E-state index is 12.4. The molecule has 1 aromatic rings. The molecule has 1 aromatic carbocycles. The van der Waals surface area contributed by atoms with Gasteiger partial charge in [0, 0.05) is 19.5 Å². The molecule has 0 radical (unpaired) electrons. The van der Waals surface area contributed by atoms with E-state index in [1.807, 2.05) is 26.0 Å². The second-order valence-corrected chi connectivity index (χ2v) is 4.89. The van der Waals surface area contributed by atoms with Gasteiger partial charge in [-0.2, -0.15) is 0 Å². The highest BCUT2D eigenvalue weighted by atomic mass is 32.1. The molecule has 0 bridgehead atoms. The number of ether oxygens (including phenoxy) is 1. The number of carbonyl (C=O) groups is 1. The topological polar surface area (TPSA) is 55.6 Å². The average molecular weight is 280 g/mol. The van der Waals surface area contributed by atoms with Crippen molar-refractivity contribution < 1.29 is 9.53 Å². The maximum absolute atomic E-state index is 12.4. The van der Waals surface area contributed by atoms with Gasteiger partial charge in [0.15, 0.2) is 0 Å². The predicted octanol–water partition coefficient (Wildman–Crippen LogP) is 2.22. The first kappa shape index (κ1) is 15.4. The highest BCUT2D eigenvalue weighted by Crippen LogP contribution is 2.20. The molecule has 4 nitrogen and oxygen atoms in total. The molecule has 1 rings (SSSR count). The molecule has 0 aliphatic rings. The Balaban J connectivity index is 2.90. The van der Waals surface area contributed by atoms with Crippen LogP contribution in [0.25, 0.3) is 0 Å². The van der Waals surface area contributed by atoms with E-state index in [0.717, 1.165) is 0 Å². The SMILES string of the molecule is CCOc1ccccc1C(=O)N(C)C(C)CC(N)=S. The van der Waals surface area contributed by atoms with Crippen LogP contribution in [0.5, 0.6) is 5.75 Å². The molecule has 1 unspecified atom stereocenters. The Morgan fingerprint density at radius 2 is 2.11 bits per heavy atom. The lowest BCUT2D eigenvalue weighted by Crippen LogP contribution is -2.37. The highest BCUT2D eigenvalue weighted by molar-refractivity contribution is 7.80. The zero-order valence-electron chi connectivity index (χ0n) is 11.6. The van der Waals surface area contributed by atoms with Crippen LogP contribution < -0.4 is 10.5 Å². The van der Waals surface area contributed by atoms with Crippen molar-refractivity contribution in [3.63, 3.8) is 0 Å². The molecule has 5 heteroatoms. The lowest BCUT2D eigenvalue weighted by atomic mass is 10.1. The first-order valence-corrected chi connectivity index (χ1v) is 6.65. The molecule has 0 aliphatic carbocycles. The van der Waals surface area contributed by atoms with Gasteiger partial charge in [-0.15, -0.1) is 0 Å². The third-order valence-electron chi connectivity index (χ3n) is 2.90. The van der Waals surface area contributed by atoms with Crippen molar-refractivity contribution in [2.24, 2.45) is 5.73 Å². The summed E-state index contributed by atoms with van der Waals surface area (Å²) in [5.41, 5.74) is 6.07. The number of hydrogen-bond acceptors (Lipinski definition) is 3. The van der Waals surface area contributed by atoms with Crippen LogP contribution in [0.15, 0.2) is 24.3 Å². The van der Waals surface area contributed by atoms with Crippen LogP contribution >= 0.6 is 12.2 Å². The Hall–Kier alpha value is -1.62. The molecule has 0 fully saturated rings. The number of rotatable bonds is 6. The zero-order valence-corrected chi connectivity index (χ0v) is 12.4. The van der Waals surface area contributed by atoms with E-state index in [1.165, 1.54) is 0 Å². The van der Waals surface area contributed by atoms with Crippen LogP contribution in [0.4, 0.5) is 0 Å². The van der Waals surface area contributed by atoms with Crippen molar-refractivity contribution in [2.45, 2.75) is 26.3 Å². The summed E-state index contributed by atoms with van der Waals surface area (Å²) < 4.78 is 5.47. The van der Waals surface area contributed by atoms with Gasteiger partial charge in [-0.1, -0.05) is 24.4 Å². The predicted molar refractivity (Wildman–Crippen MR) is 80.6 cm³/mol. The molecule has 0 aromatic heterocycles. The summed E-state index contributed by atoms with van der Waals surface area (Å²) in [7, 11) is 1.74. The minimum absolute atomic E-state index is 0.0420. The molecule has 0 saturated carbocycles. The Kier molecular flexibility index (Phi) is 5.76. The number of para-hydroxylation sites is 1. The van der Waals surface area contributed by atoms with E-state index in [1.54, 1.807) is 24.1 Å². The van der Waals surface area contributed by atoms with Crippen molar-refractivity contribution in [1.29, 1.82) is 0 Å². The van der Waals surface area contributed by atoms with Gasteiger partial charge >= 0.3 is 0 Å². The van der Waals surface area contributed by atoms with Gasteiger partial charge in [0.1, 0.15) is 5.75 Å². The normalized spacial score (nSPS) is 11.7. The van der Waals surface area contributed by atoms with Crippen LogP contribution in [0.2, 0.25) is 0 Å². The molecular weight excluding hydrogens is 260 g/mol. The molecule has 1 amide bonds. The largest absolute Gasteiger partial charge is 0.493 e. The quantitative estimate of drug-likeness (QED) is 0.812. The summed E-state index contributed by atoms with van der Waals surface area (Å²) in [6, 6.07) is 7.18. The fraction of sp³-hybridized carbons (Fsp3) is 0.429. The number of benzene rings is 1. The lowest BCUT2D eigenvalue weighted by molar-refractivity contribution is 0.0744. The molecule has 0 aliphatic heterocycles. The fourth-order valence-electron chi connectivity index (χ4n) is 1.74. The van der Waals surface area contributed by atoms with E-state index in [2.05, 4.69) is 0 Å². The summed E-state index contributed by atoms with van der Waals surface area (Å²) >= 11 is 4.88. The summed E-state index contributed by atoms with van der Waals surface area (Å²) in [6.07, 6.45) is 0.508. The molecule has 0 heterocycles. The maximum Gasteiger partial charge on any atom is 0.257 e. The molecule has 0 spiro atoms. The Labute approximate surface area is 119 Å². The molecule has 104 valence electrons. The van der Waals surface area contributed by atoms with E-state index in [-0.39, 0.29) is 11.9 Å². The number of nitrogens with zero attached hydrogens (tertiary/aromatic N) is 1. The number of nitrogens with two attached hydrogens (primary N) is 1. The molecule has 2 N–H and O–H groups in total. The summed E-state index contributed by atoms with van der Waals surface area (Å²) in [5, 5.41) is 0. The van der Waals surface area contributed by atoms with E-state index in [9.17, 15) is 4.79 Å². The van der Waals surface area contributed by atoms with Gasteiger partial charge in [0.2, 0.25) is 0 Å². The van der Waals surface area contributed by atoms with Crippen molar-refractivity contribution in [3.05, 3.63) is 29.8 Å². The Morgan fingerprint density at radius 3 is 2.68 bits per heavy atom. The average Bonchev–Trinajstić information content (AvgIpc) is 2.37. The molecular formula is C14H20N2O2S.